The van der Waals surface area contributed by atoms with E-state index in [0.29, 0.717) is 6.04 Å². The average Bonchev–Trinajstić information content (AvgIpc) is 3.01. The molecule has 3 heterocycles. The first kappa shape index (κ1) is 10.7. The maximum Gasteiger partial charge on any atom is 0.150 e. The summed E-state index contributed by atoms with van der Waals surface area (Å²) in [5.41, 5.74) is 2.53. The summed E-state index contributed by atoms with van der Waals surface area (Å²) in [6, 6.07) is 0.713. The summed E-state index contributed by atoms with van der Waals surface area (Å²) in [5.74, 6) is 3.20. The first-order valence-electron chi connectivity index (χ1n) is 7.36. The van der Waals surface area contributed by atoms with Crippen molar-refractivity contribution >= 4 is 11.5 Å². The highest BCUT2D eigenvalue weighted by molar-refractivity contribution is 5.73. The van der Waals surface area contributed by atoms with Gasteiger partial charge in [-0.3, -0.25) is 4.68 Å². The molecule has 1 N–H and O–H groups in total. The Morgan fingerprint density at radius 1 is 1.39 bits per heavy atom. The molecular formula is C14H22N4. The molecule has 0 radical (unpaired) electrons. The van der Waals surface area contributed by atoms with Gasteiger partial charge in [-0.05, 0) is 31.1 Å². The van der Waals surface area contributed by atoms with Crippen molar-refractivity contribution in [3.63, 3.8) is 0 Å². The minimum atomic E-state index is 0.713. The fraction of sp³-hybridized carbons (Fsp3) is 0.786. The number of anilines is 2. The highest BCUT2D eigenvalue weighted by Crippen LogP contribution is 2.47. The Labute approximate surface area is 108 Å². The highest BCUT2D eigenvalue weighted by atomic mass is 15.4. The molecule has 2 fully saturated rings. The molecule has 0 aromatic carbocycles. The maximum absolute atomic E-state index is 4.68. The lowest BCUT2D eigenvalue weighted by atomic mass is 9.93. The predicted molar refractivity (Wildman–Crippen MR) is 73.0 cm³/mol. The molecule has 3 unspecified atom stereocenters. The number of aryl methyl sites for hydroxylation is 2. The van der Waals surface area contributed by atoms with Crippen molar-refractivity contribution in [1.82, 2.24) is 9.78 Å². The van der Waals surface area contributed by atoms with Gasteiger partial charge >= 0.3 is 0 Å². The summed E-state index contributed by atoms with van der Waals surface area (Å²) < 4.78 is 2.09. The van der Waals surface area contributed by atoms with Crippen molar-refractivity contribution in [2.75, 3.05) is 23.3 Å². The fourth-order valence-electron chi connectivity index (χ4n) is 4.46. The van der Waals surface area contributed by atoms with E-state index in [9.17, 15) is 0 Å². The van der Waals surface area contributed by atoms with Gasteiger partial charge in [0.15, 0.2) is 5.82 Å². The molecule has 98 valence electrons. The summed E-state index contributed by atoms with van der Waals surface area (Å²) in [6.07, 6.45) is 5.33. The third-order valence-electron chi connectivity index (χ3n) is 5.23. The van der Waals surface area contributed by atoms with E-state index in [2.05, 4.69) is 34.0 Å². The Morgan fingerprint density at radius 3 is 3.11 bits per heavy atom. The van der Waals surface area contributed by atoms with Crippen molar-refractivity contribution in [1.29, 1.82) is 0 Å². The minimum Gasteiger partial charge on any atom is -0.378 e. The molecule has 1 aliphatic carbocycles. The Balaban J connectivity index is 1.76. The number of nitrogens with one attached hydrogen (secondary N) is 1. The maximum atomic E-state index is 4.68. The van der Waals surface area contributed by atoms with Gasteiger partial charge < -0.3 is 10.2 Å². The smallest absolute Gasteiger partial charge is 0.150 e. The molecule has 1 aromatic heterocycles. The summed E-state index contributed by atoms with van der Waals surface area (Å²) in [4.78, 5) is 2.65. The average molecular weight is 246 g/mol. The quantitative estimate of drug-likeness (QED) is 0.823. The lowest BCUT2D eigenvalue weighted by Gasteiger charge is -2.35. The largest absolute Gasteiger partial charge is 0.378 e. The van der Waals surface area contributed by atoms with Crippen molar-refractivity contribution in [3.05, 3.63) is 5.69 Å². The molecule has 1 saturated carbocycles. The molecule has 4 nitrogen and oxygen atoms in total. The van der Waals surface area contributed by atoms with E-state index < -0.39 is 0 Å². The topological polar surface area (TPSA) is 33.1 Å². The molecule has 0 spiro atoms. The molecule has 0 amide bonds. The Bertz CT molecular complexity index is 478. The van der Waals surface area contributed by atoms with Crippen LogP contribution in [0.2, 0.25) is 0 Å². The van der Waals surface area contributed by atoms with E-state index in [0.717, 1.165) is 24.8 Å². The van der Waals surface area contributed by atoms with Crippen molar-refractivity contribution < 1.29 is 0 Å². The van der Waals surface area contributed by atoms with Gasteiger partial charge in [0.2, 0.25) is 0 Å². The van der Waals surface area contributed by atoms with Crippen LogP contribution in [0.1, 0.15) is 31.9 Å². The Hall–Kier alpha value is -1.19. The lowest BCUT2D eigenvalue weighted by molar-refractivity contribution is 0.428. The molecule has 3 atom stereocenters. The number of aromatic nitrogens is 2. The van der Waals surface area contributed by atoms with E-state index >= 15 is 0 Å². The van der Waals surface area contributed by atoms with E-state index in [1.807, 2.05) is 0 Å². The number of rotatable bonds is 1. The summed E-state index contributed by atoms with van der Waals surface area (Å²) in [5, 5.41) is 8.34. The van der Waals surface area contributed by atoms with Crippen molar-refractivity contribution in [2.45, 2.75) is 38.6 Å². The normalized spacial score (nSPS) is 33.0. The van der Waals surface area contributed by atoms with E-state index in [-0.39, 0.29) is 0 Å². The first-order chi connectivity index (χ1) is 8.79. The van der Waals surface area contributed by atoms with Gasteiger partial charge in [0.05, 0.1) is 11.7 Å². The molecule has 1 saturated heterocycles. The zero-order valence-electron chi connectivity index (χ0n) is 11.3. The molecule has 2 aliphatic heterocycles. The zero-order valence-corrected chi connectivity index (χ0v) is 11.3. The Kier molecular flexibility index (Phi) is 2.17. The van der Waals surface area contributed by atoms with Crippen LogP contribution in [0, 0.1) is 11.8 Å². The van der Waals surface area contributed by atoms with Crippen LogP contribution >= 0.6 is 0 Å². The van der Waals surface area contributed by atoms with Crippen LogP contribution in [-0.4, -0.2) is 28.9 Å². The standard InChI is InChI=1S/C14H22N4/c1-3-11-13-14(17(2)16-11)18-8-9-5-4-6-10(9)12(18)7-15-13/h9-10,12,15H,3-8H2,1-2H3. The second-order valence-electron chi connectivity index (χ2n) is 6.08. The fourth-order valence-corrected chi connectivity index (χ4v) is 4.46. The predicted octanol–water partition coefficient (Wildman–Crippen LogP) is 2.01. The molecule has 18 heavy (non-hydrogen) atoms. The van der Waals surface area contributed by atoms with E-state index in [1.165, 1.54) is 43.0 Å². The van der Waals surface area contributed by atoms with Crippen LogP contribution in [0.25, 0.3) is 0 Å². The first-order valence-corrected chi connectivity index (χ1v) is 7.36. The SMILES string of the molecule is CCc1nn(C)c2c1NCC1C3CCCC3CN21. The second kappa shape index (κ2) is 3.65. The number of nitrogens with zero attached hydrogens (tertiary/aromatic N) is 3. The van der Waals surface area contributed by atoms with Gasteiger partial charge in [0, 0.05) is 20.1 Å². The van der Waals surface area contributed by atoms with Crippen molar-refractivity contribution in [2.24, 2.45) is 18.9 Å². The van der Waals surface area contributed by atoms with Crippen LogP contribution in [-0.2, 0) is 13.5 Å². The van der Waals surface area contributed by atoms with Gasteiger partial charge in [-0.2, -0.15) is 5.10 Å². The van der Waals surface area contributed by atoms with Crippen LogP contribution in [0.4, 0.5) is 11.5 Å². The highest BCUT2D eigenvalue weighted by Gasteiger charge is 2.47. The number of hydrogen-bond acceptors (Lipinski definition) is 3. The van der Waals surface area contributed by atoms with Crippen LogP contribution in [0.15, 0.2) is 0 Å². The van der Waals surface area contributed by atoms with Gasteiger partial charge in [-0.1, -0.05) is 13.3 Å². The van der Waals surface area contributed by atoms with E-state index in [4.69, 9.17) is 0 Å². The molecule has 0 bridgehead atoms. The summed E-state index contributed by atoms with van der Waals surface area (Å²) in [6.45, 7) is 4.56. The molecular weight excluding hydrogens is 224 g/mol. The van der Waals surface area contributed by atoms with Gasteiger partial charge in [0.1, 0.15) is 5.69 Å². The third kappa shape index (κ3) is 1.24. The molecule has 4 heteroatoms. The lowest BCUT2D eigenvalue weighted by Crippen LogP contribution is -2.43. The van der Waals surface area contributed by atoms with Crippen LogP contribution < -0.4 is 10.2 Å². The molecule has 3 aliphatic rings. The molecule has 1 aromatic rings. The van der Waals surface area contributed by atoms with Crippen LogP contribution in [0.5, 0.6) is 0 Å². The van der Waals surface area contributed by atoms with Crippen molar-refractivity contribution in [3.8, 4) is 0 Å². The summed E-state index contributed by atoms with van der Waals surface area (Å²) >= 11 is 0. The number of fused-ring (bicyclic) bond motifs is 5. The Morgan fingerprint density at radius 2 is 2.28 bits per heavy atom. The summed E-state index contributed by atoms with van der Waals surface area (Å²) in [7, 11) is 2.09. The van der Waals surface area contributed by atoms with Gasteiger partial charge in [-0.15, -0.1) is 0 Å². The number of hydrogen-bond donors (Lipinski definition) is 1. The van der Waals surface area contributed by atoms with Crippen LogP contribution in [0.3, 0.4) is 0 Å². The van der Waals surface area contributed by atoms with Gasteiger partial charge in [0.25, 0.3) is 0 Å². The second-order valence-corrected chi connectivity index (χ2v) is 6.08. The third-order valence-corrected chi connectivity index (χ3v) is 5.23. The molecule has 4 rings (SSSR count). The monoisotopic (exact) mass is 246 g/mol. The minimum absolute atomic E-state index is 0.713. The van der Waals surface area contributed by atoms with E-state index in [1.54, 1.807) is 0 Å². The zero-order chi connectivity index (χ0) is 12.3. The van der Waals surface area contributed by atoms with Gasteiger partial charge in [-0.25, -0.2) is 0 Å².